The Kier molecular flexibility index (Phi) is 4.43. The number of Topliss-reactive ketones (excluding diaryl/α,β-unsaturated/α-hetero) is 1. The van der Waals surface area contributed by atoms with E-state index in [-0.39, 0.29) is 12.4 Å². The van der Waals surface area contributed by atoms with Gasteiger partial charge in [0, 0.05) is 36.1 Å². The lowest BCUT2D eigenvalue weighted by Gasteiger charge is -2.39. The second-order valence-corrected chi connectivity index (χ2v) is 5.18. The van der Waals surface area contributed by atoms with Crippen LogP contribution in [0.15, 0.2) is 18.2 Å². The summed E-state index contributed by atoms with van der Waals surface area (Å²) in [6, 6.07) is 6.19. The number of benzene rings is 1. The molecule has 0 bridgehead atoms. The molecule has 0 radical (unpaired) electrons. The average Bonchev–Trinajstić information content (AvgIpc) is 2.32. The van der Waals surface area contributed by atoms with Crippen molar-refractivity contribution in [2.75, 3.05) is 23.8 Å². The molecule has 4 nitrogen and oxygen atoms in total. The van der Waals surface area contributed by atoms with Gasteiger partial charge in [0.25, 0.3) is 0 Å². The number of ketones is 1. The molecule has 0 saturated heterocycles. The SMILES string of the molecule is CC(=O)c1cc(N(CCCO)C2CCC2)ccc1N. The fraction of sp³-hybridized carbons (Fsp3) is 0.533. The summed E-state index contributed by atoms with van der Waals surface area (Å²) >= 11 is 0. The van der Waals surface area contributed by atoms with Crippen LogP contribution >= 0.6 is 0 Å². The maximum atomic E-state index is 11.6. The summed E-state index contributed by atoms with van der Waals surface area (Å²) in [6.45, 7) is 2.55. The monoisotopic (exact) mass is 262 g/mol. The average molecular weight is 262 g/mol. The van der Waals surface area contributed by atoms with Gasteiger partial charge in [0.1, 0.15) is 0 Å². The lowest BCUT2D eigenvalue weighted by atomic mass is 9.90. The van der Waals surface area contributed by atoms with Crippen LogP contribution in [0.4, 0.5) is 11.4 Å². The zero-order valence-electron chi connectivity index (χ0n) is 11.4. The van der Waals surface area contributed by atoms with E-state index in [2.05, 4.69) is 4.90 Å². The fourth-order valence-electron chi connectivity index (χ4n) is 2.49. The van der Waals surface area contributed by atoms with Crippen LogP contribution in [0, 0.1) is 0 Å². The molecule has 0 atom stereocenters. The number of nitrogens with zero attached hydrogens (tertiary/aromatic N) is 1. The lowest BCUT2D eigenvalue weighted by molar-refractivity contribution is 0.101. The molecular formula is C15H22N2O2. The van der Waals surface area contributed by atoms with Gasteiger partial charge in [0.15, 0.2) is 5.78 Å². The summed E-state index contributed by atoms with van der Waals surface area (Å²) in [7, 11) is 0. The first-order valence-corrected chi connectivity index (χ1v) is 6.91. The molecule has 0 aromatic heterocycles. The number of hydrogen-bond donors (Lipinski definition) is 2. The molecule has 1 aliphatic rings. The van der Waals surface area contributed by atoms with Crippen molar-refractivity contribution >= 4 is 17.2 Å². The third-order valence-corrected chi connectivity index (χ3v) is 3.82. The molecule has 1 aliphatic carbocycles. The number of nitrogens with two attached hydrogens (primary N) is 1. The highest BCUT2D eigenvalue weighted by Crippen LogP contribution is 2.31. The van der Waals surface area contributed by atoms with Crippen molar-refractivity contribution in [2.45, 2.75) is 38.6 Å². The Morgan fingerprint density at radius 3 is 2.74 bits per heavy atom. The Morgan fingerprint density at radius 1 is 1.47 bits per heavy atom. The maximum Gasteiger partial charge on any atom is 0.161 e. The van der Waals surface area contributed by atoms with Gasteiger partial charge >= 0.3 is 0 Å². The van der Waals surface area contributed by atoms with Crippen molar-refractivity contribution < 1.29 is 9.90 Å². The summed E-state index contributed by atoms with van der Waals surface area (Å²) in [5, 5.41) is 9.02. The van der Waals surface area contributed by atoms with Crippen LogP contribution in [0.1, 0.15) is 43.0 Å². The molecule has 0 aliphatic heterocycles. The Labute approximate surface area is 114 Å². The first-order valence-electron chi connectivity index (χ1n) is 6.91. The lowest BCUT2D eigenvalue weighted by Crippen LogP contribution is -2.41. The summed E-state index contributed by atoms with van der Waals surface area (Å²) < 4.78 is 0. The summed E-state index contributed by atoms with van der Waals surface area (Å²) in [6.07, 6.45) is 4.38. The van der Waals surface area contributed by atoms with E-state index in [9.17, 15) is 4.79 Å². The number of carbonyl (C=O) groups excluding carboxylic acids is 1. The molecule has 1 saturated carbocycles. The van der Waals surface area contributed by atoms with E-state index in [0.29, 0.717) is 17.3 Å². The van der Waals surface area contributed by atoms with E-state index >= 15 is 0 Å². The second-order valence-electron chi connectivity index (χ2n) is 5.18. The summed E-state index contributed by atoms with van der Waals surface area (Å²) in [4.78, 5) is 13.9. The van der Waals surface area contributed by atoms with Gasteiger partial charge in [0.05, 0.1) is 0 Å². The summed E-state index contributed by atoms with van der Waals surface area (Å²) in [5.41, 5.74) is 8.00. The normalized spacial score (nSPS) is 15.1. The van der Waals surface area contributed by atoms with Crippen LogP contribution in [0.5, 0.6) is 0 Å². The van der Waals surface area contributed by atoms with E-state index < -0.39 is 0 Å². The molecule has 0 unspecified atom stereocenters. The van der Waals surface area contributed by atoms with E-state index in [0.717, 1.165) is 18.7 Å². The molecule has 0 amide bonds. The molecule has 2 rings (SSSR count). The molecular weight excluding hydrogens is 240 g/mol. The van der Waals surface area contributed by atoms with E-state index in [4.69, 9.17) is 10.8 Å². The Morgan fingerprint density at radius 2 is 2.21 bits per heavy atom. The van der Waals surface area contributed by atoms with Crippen molar-refractivity contribution in [2.24, 2.45) is 0 Å². The van der Waals surface area contributed by atoms with Gasteiger partial charge in [0.2, 0.25) is 0 Å². The minimum Gasteiger partial charge on any atom is -0.398 e. The quantitative estimate of drug-likeness (QED) is 0.609. The Hall–Kier alpha value is -1.55. The number of nitrogen functional groups attached to an aromatic ring is 1. The number of anilines is 2. The third kappa shape index (κ3) is 3.07. The molecule has 4 heteroatoms. The topological polar surface area (TPSA) is 66.6 Å². The van der Waals surface area contributed by atoms with Gasteiger partial charge in [-0.15, -0.1) is 0 Å². The van der Waals surface area contributed by atoms with Crippen molar-refractivity contribution in [1.29, 1.82) is 0 Å². The number of carbonyl (C=O) groups is 1. The molecule has 3 N–H and O–H groups in total. The molecule has 0 heterocycles. The van der Waals surface area contributed by atoms with Crippen LogP contribution in [0.2, 0.25) is 0 Å². The smallest absolute Gasteiger partial charge is 0.161 e. The predicted molar refractivity (Wildman–Crippen MR) is 77.5 cm³/mol. The molecule has 1 aromatic carbocycles. The molecule has 1 fully saturated rings. The summed E-state index contributed by atoms with van der Waals surface area (Å²) in [5.74, 6) is -0.00457. The molecule has 104 valence electrons. The first-order chi connectivity index (χ1) is 9.13. The number of aliphatic hydroxyl groups is 1. The van der Waals surface area contributed by atoms with Crippen molar-refractivity contribution in [3.63, 3.8) is 0 Å². The zero-order valence-corrected chi connectivity index (χ0v) is 11.4. The molecule has 1 aromatic rings. The van der Waals surface area contributed by atoms with Crippen LogP contribution in [0.25, 0.3) is 0 Å². The highest BCUT2D eigenvalue weighted by molar-refractivity contribution is 6.00. The number of hydrogen-bond acceptors (Lipinski definition) is 4. The van der Waals surface area contributed by atoms with E-state index in [1.54, 1.807) is 6.07 Å². The van der Waals surface area contributed by atoms with Crippen LogP contribution < -0.4 is 10.6 Å². The highest BCUT2D eigenvalue weighted by Gasteiger charge is 2.25. The van der Waals surface area contributed by atoms with Gasteiger partial charge in [-0.1, -0.05) is 0 Å². The fourth-order valence-corrected chi connectivity index (χ4v) is 2.49. The van der Waals surface area contributed by atoms with Gasteiger partial charge in [-0.05, 0) is 50.8 Å². The van der Waals surface area contributed by atoms with Crippen molar-refractivity contribution in [1.82, 2.24) is 0 Å². The first kappa shape index (κ1) is 13.9. The van der Waals surface area contributed by atoms with Crippen LogP contribution in [-0.2, 0) is 0 Å². The van der Waals surface area contributed by atoms with Gasteiger partial charge in [-0.25, -0.2) is 0 Å². The Bertz CT molecular complexity index is 455. The number of aliphatic hydroxyl groups excluding tert-OH is 1. The predicted octanol–water partition coefficient (Wildman–Crippen LogP) is 2.21. The standard InChI is InChI=1S/C15H22N2O2/c1-11(19)14-10-13(6-7-15(14)16)17(8-3-9-18)12-4-2-5-12/h6-7,10,12,18H,2-5,8-9,16H2,1H3. The van der Waals surface area contributed by atoms with Crippen LogP contribution in [0.3, 0.4) is 0 Å². The van der Waals surface area contributed by atoms with Gasteiger partial charge < -0.3 is 15.7 Å². The minimum atomic E-state index is -0.00457. The largest absolute Gasteiger partial charge is 0.398 e. The Balaban J connectivity index is 2.24. The number of rotatable bonds is 6. The van der Waals surface area contributed by atoms with Crippen molar-refractivity contribution in [3.05, 3.63) is 23.8 Å². The van der Waals surface area contributed by atoms with Crippen LogP contribution in [-0.4, -0.2) is 30.1 Å². The van der Waals surface area contributed by atoms with Gasteiger partial charge in [-0.2, -0.15) is 0 Å². The van der Waals surface area contributed by atoms with Crippen molar-refractivity contribution in [3.8, 4) is 0 Å². The van der Waals surface area contributed by atoms with Gasteiger partial charge in [-0.3, -0.25) is 4.79 Å². The second kappa shape index (κ2) is 6.06. The maximum absolute atomic E-state index is 11.6. The third-order valence-electron chi connectivity index (χ3n) is 3.82. The van der Waals surface area contributed by atoms with E-state index in [1.807, 2.05) is 12.1 Å². The molecule has 19 heavy (non-hydrogen) atoms. The zero-order chi connectivity index (χ0) is 13.8. The highest BCUT2D eigenvalue weighted by atomic mass is 16.3. The van der Waals surface area contributed by atoms with E-state index in [1.165, 1.54) is 26.2 Å². The minimum absolute atomic E-state index is 0.00457. The molecule has 0 spiro atoms.